The second-order valence-electron chi connectivity index (χ2n) is 4.92. The van der Waals surface area contributed by atoms with Crippen molar-refractivity contribution in [3.05, 3.63) is 30.1 Å². The molecule has 2 aromatic heterocycles. The quantitative estimate of drug-likeness (QED) is 0.781. The average Bonchev–Trinajstić information content (AvgIpc) is 2.87. The number of benzene rings is 1. The maximum atomic E-state index is 4.75. The number of anilines is 1. The smallest absolute Gasteiger partial charge is 0.203 e. The lowest BCUT2D eigenvalue weighted by atomic mass is 10.1. The van der Waals surface area contributed by atoms with Crippen molar-refractivity contribution >= 4 is 22.5 Å². The number of nitrogens with zero attached hydrogens (tertiary/aromatic N) is 4. The molecule has 5 heteroatoms. The summed E-state index contributed by atoms with van der Waals surface area (Å²) >= 11 is 0. The number of aromatic nitrogens is 4. The molecule has 0 fully saturated rings. The minimum absolute atomic E-state index is 0.305. The van der Waals surface area contributed by atoms with Crippen LogP contribution in [0.4, 0.5) is 5.82 Å². The third kappa shape index (κ3) is 1.91. The number of nitrogens with one attached hydrogen (secondary N) is 1. The number of hydrogen-bond donors (Lipinski definition) is 1. The first kappa shape index (κ1) is 11.9. The molecular weight excluding hydrogens is 238 g/mol. The van der Waals surface area contributed by atoms with Gasteiger partial charge in [-0.15, -0.1) is 10.2 Å². The van der Waals surface area contributed by atoms with Gasteiger partial charge in [-0.25, -0.2) is 4.98 Å². The van der Waals surface area contributed by atoms with Crippen molar-refractivity contribution in [2.75, 3.05) is 5.32 Å². The average molecular weight is 255 g/mol. The van der Waals surface area contributed by atoms with Crippen LogP contribution in [-0.4, -0.2) is 25.6 Å². The molecule has 1 aromatic carbocycles. The van der Waals surface area contributed by atoms with Gasteiger partial charge >= 0.3 is 0 Å². The molecular formula is C14H17N5. The van der Waals surface area contributed by atoms with Gasteiger partial charge in [0, 0.05) is 6.04 Å². The minimum Gasteiger partial charge on any atom is -0.365 e. The summed E-state index contributed by atoms with van der Waals surface area (Å²) in [6.07, 6.45) is 2.70. The molecule has 0 aliphatic carbocycles. The van der Waals surface area contributed by atoms with E-state index >= 15 is 0 Å². The van der Waals surface area contributed by atoms with Gasteiger partial charge in [0.2, 0.25) is 5.65 Å². The highest BCUT2D eigenvalue weighted by Crippen LogP contribution is 2.23. The van der Waals surface area contributed by atoms with E-state index in [4.69, 9.17) is 4.98 Å². The van der Waals surface area contributed by atoms with Crippen LogP contribution in [0.25, 0.3) is 16.7 Å². The molecule has 5 nitrogen and oxygen atoms in total. The molecule has 0 bridgehead atoms. The Bertz CT molecular complexity index is 729. The zero-order chi connectivity index (χ0) is 13.4. The Morgan fingerprint density at radius 3 is 2.89 bits per heavy atom. The van der Waals surface area contributed by atoms with Gasteiger partial charge in [-0.3, -0.25) is 4.40 Å². The highest BCUT2D eigenvalue weighted by molar-refractivity contribution is 5.85. The van der Waals surface area contributed by atoms with Gasteiger partial charge < -0.3 is 5.32 Å². The summed E-state index contributed by atoms with van der Waals surface area (Å²) in [6, 6.07) is 6.53. The van der Waals surface area contributed by atoms with Crippen LogP contribution in [0.3, 0.4) is 0 Å². The van der Waals surface area contributed by atoms with Crippen LogP contribution >= 0.6 is 0 Å². The first-order chi connectivity index (χ1) is 9.20. The Hall–Kier alpha value is -2.17. The van der Waals surface area contributed by atoms with E-state index in [9.17, 15) is 0 Å². The second kappa shape index (κ2) is 4.50. The maximum Gasteiger partial charge on any atom is 0.203 e. The van der Waals surface area contributed by atoms with Gasteiger partial charge in [-0.2, -0.15) is 0 Å². The summed E-state index contributed by atoms with van der Waals surface area (Å²) in [5.74, 6) is 0.793. The Morgan fingerprint density at radius 1 is 1.32 bits per heavy atom. The maximum absolute atomic E-state index is 4.75. The Balaban J connectivity index is 2.38. The van der Waals surface area contributed by atoms with Gasteiger partial charge in [0.1, 0.15) is 6.33 Å². The molecule has 0 spiro atoms. The van der Waals surface area contributed by atoms with Gasteiger partial charge in [-0.05, 0) is 31.9 Å². The SMILES string of the molecule is CCc1cccc2c1nc(NC(C)C)c1nncn12. The third-order valence-corrected chi connectivity index (χ3v) is 3.15. The van der Waals surface area contributed by atoms with Crippen molar-refractivity contribution in [1.29, 1.82) is 0 Å². The molecule has 3 aromatic rings. The molecule has 1 N–H and O–H groups in total. The highest BCUT2D eigenvalue weighted by atomic mass is 15.3. The molecule has 0 aliphatic rings. The van der Waals surface area contributed by atoms with Gasteiger partial charge in [0.25, 0.3) is 0 Å². The summed E-state index contributed by atoms with van der Waals surface area (Å²) < 4.78 is 1.99. The van der Waals surface area contributed by atoms with E-state index in [0.717, 1.165) is 28.9 Å². The van der Waals surface area contributed by atoms with Gasteiger partial charge in [-0.1, -0.05) is 19.1 Å². The molecule has 0 saturated carbocycles. The molecule has 0 aliphatic heterocycles. The molecule has 19 heavy (non-hydrogen) atoms. The topological polar surface area (TPSA) is 55.1 Å². The van der Waals surface area contributed by atoms with Crippen molar-refractivity contribution < 1.29 is 0 Å². The predicted molar refractivity (Wildman–Crippen MR) is 76.4 cm³/mol. The highest BCUT2D eigenvalue weighted by Gasteiger charge is 2.12. The monoisotopic (exact) mass is 255 g/mol. The van der Waals surface area contributed by atoms with Crippen LogP contribution in [0.15, 0.2) is 24.5 Å². The van der Waals surface area contributed by atoms with Crippen LogP contribution in [0.5, 0.6) is 0 Å². The van der Waals surface area contributed by atoms with E-state index < -0.39 is 0 Å². The minimum atomic E-state index is 0.305. The van der Waals surface area contributed by atoms with Crippen molar-refractivity contribution in [3.8, 4) is 0 Å². The number of para-hydroxylation sites is 1. The normalized spacial score (nSPS) is 11.6. The fraction of sp³-hybridized carbons (Fsp3) is 0.357. The Labute approximate surface area is 111 Å². The number of aryl methyl sites for hydroxylation is 1. The van der Waals surface area contributed by atoms with Crippen LogP contribution < -0.4 is 5.32 Å². The van der Waals surface area contributed by atoms with Crippen LogP contribution in [0.1, 0.15) is 26.3 Å². The summed E-state index contributed by atoms with van der Waals surface area (Å²) in [5, 5.41) is 11.5. The van der Waals surface area contributed by atoms with Crippen molar-refractivity contribution in [2.45, 2.75) is 33.2 Å². The first-order valence-corrected chi connectivity index (χ1v) is 6.58. The lowest BCUT2D eigenvalue weighted by Gasteiger charge is -2.12. The van der Waals surface area contributed by atoms with E-state index in [1.807, 2.05) is 4.40 Å². The van der Waals surface area contributed by atoms with Crippen molar-refractivity contribution in [1.82, 2.24) is 19.6 Å². The van der Waals surface area contributed by atoms with Gasteiger partial charge in [0.05, 0.1) is 11.0 Å². The fourth-order valence-corrected chi connectivity index (χ4v) is 2.29. The van der Waals surface area contributed by atoms with Crippen molar-refractivity contribution in [3.63, 3.8) is 0 Å². The van der Waals surface area contributed by atoms with E-state index in [0.29, 0.717) is 6.04 Å². The van der Waals surface area contributed by atoms with Gasteiger partial charge in [0.15, 0.2) is 5.82 Å². The van der Waals surface area contributed by atoms with Crippen LogP contribution in [-0.2, 0) is 6.42 Å². The fourth-order valence-electron chi connectivity index (χ4n) is 2.29. The Morgan fingerprint density at radius 2 is 2.16 bits per heavy atom. The molecule has 2 heterocycles. The summed E-state index contributed by atoms with van der Waals surface area (Å²) in [5.41, 5.74) is 4.07. The van der Waals surface area contributed by atoms with E-state index in [1.165, 1.54) is 5.56 Å². The summed E-state index contributed by atoms with van der Waals surface area (Å²) in [7, 11) is 0. The lowest BCUT2D eigenvalue weighted by molar-refractivity contribution is 0.889. The molecule has 3 rings (SSSR count). The largest absolute Gasteiger partial charge is 0.365 e. The molecule has 98 valence electrons. The zero-order valence-corrected chi connectivity index (χ0v) is 11.4. The van der Waals surface area contributed by atoms with Crippen LogP contribution in [0.2, 0.25) is 0 Å². The number of hydrogen-bond acceptors (Lipinski definition) is 4. The number of rotatable bonds is 3. The molecule has 0 saturated heterocycles. The standard InChI is InChI=1S/C14H17N5/c1-4-10-6-5-7-11-12(10)17-13(16-9(2)3)14-18-15-8-19(11)14/h5-9H,4H2,1-3H3,(H,16,17). The number of fused-ring (bicyclic) bond motifs is 3. The molecule has 0 radical (unpaired) electrons. The van der Waals surface area contributed by atoms with E-state index in [-0.39, 0.29) is 0 Å². The third-order valence-electron chi connectivity index (χ3n) is 3.15. The molecule has 0 atom stereocenters. The van der Waals surface area contributed by atoms with E-state index in [1.54, 1.807) is 6.33 Å². The molecule has 0 unspecified atom stereocenters. The second-order valence-corrected chi connectivity index (χ2v) is 4.92. The first-order valence-electron chi connectivity index (χ1n) is 6.58. The summed E-state index contributed by atoms with van der Waals surface area (Å²) in [4.78, 5) is 4.75. The summed E-state index contributed by atoms with van der Waals surface area (Å²) in [6.45, 7) is 6.32. The lowest BCUT2D eigenvalue weighted by Crippen LogP contribution is -2.13. The van der Waals surface area contributed by atoms with Crippen molar-refractivity contribution in [2.24, 2.45) is 0 Å². The predicted octanol–water partition coefficient (Wildman–Crippen LogP) is 2.66. The Kier molecular flexibility index (Phi) is 2.81. The zero-order valence-electron chi connectivity index (χ0n) is 11.4. The molecule has 0 amide bonds. The van der Waals surface area contributed by atoms with E-state index in [2.05, 4.69) is 54.5 Å². The van der Waals surface area contributed by atoms with Crippen LogP contribution in [0, 0.1) is 0 Å².